The minimum Gasteiger partial charge on any atom is -0.480 e. The molecule has 208 valence electrons. The summed E-state index contributed by atoms with van der Waals surface area (Å²) in [6.45, 7) is 5.17. The summed E-state index contributed by atoms with van der Waals surface area (Å²) < 4.78 is 32.7. The summed E-state index contributed by atoms with van der Waals surface area (Å²) in [6, 6.07) is 4.51. The zero-order valence-electron chi connectivity index (χ0n) is 21.3. The number of aliphatic carboxylic acids is 1. The van der Waals surface area contributed by atoms with Crippen LogP contribution >= 0.6 is 0 Å². The number of benzene rings is 1. The molecule has 14 nitrogen and oxygen atoms in total. The first-order valence-electron chi connectivity index (χ1n) is 11.4. The molecule has 14 heteroatoms. The molecule has 0 aliphatic carbocycles. The Hall–Kier alpha value is -4.20. The molecular weight excluding hydrogens is 510 g/mol. The van der Waals surface area contributed by atoms with Crippen molar-refractivity contribution in [1.82, 2.24) is 5.32 Å². The third-order valence-corrected chi connectivity index (χ3v) is 5.04. The minimum absolute atomic E-state index is 0.0894. The van der Waals surface area contributed by atoms with Gasteiger partial charge in [0, 0.05) is 27.7 Å². The zero-order chi connectivity index (χ0) is 28.6. The molecule has 1 aromatic carbocycles. The third-order valence-electron chi connectivity index (χ3n) is 5.04. The Balaban J connectivity index is 2.51. The average Bonchev–Trinajstić information content (AvgIpc) is 2.80. The Labute approximate surface area is 217 Å². The van der Waals surface area contributed by atoms with Crippen molar-refractivity contribution in [2.75, 3.05) is 6.61 Å². The molecule has 1 aliphatic heterocycles. The smallest absolute Gasteiger partial charge is 0.325 e. The standard InChI is InChI=1S/C24H29NO13/c1-11(23(31)32)25-22(30)16-8-6-7-9-17(16)37-24-21(36-15(5)29)20(35-14(4)28)19(34-13(3)27)18(38-24)10-33-12(2)26/h6-9,11,18-21,24H,10H2,1-5H3,(H,25,30)(H,31,32)/t11-,18+,19+,20-,21+,24+/m1/s1. The van der Waals surface area contributed by atoms with E-state index >= 15 is 0 Å². The van der Waals surface area contributed by atoms with Crippen LogP contribution in [0.1, 0.15) is 45.0 Å². The summed E-state index contributed by atoms with van der Waals surface area (Å²) in [6.07, 6.45) is -7.18. The quantitative estimate of drug-likeness (QED) is 0.306. The lowest BCUT2D eigenvalue weighted by molar-refractivity contribution is -0.288. The van der Waals surface area contributed by atoms with E-state index in [1.807, 2.05) is 0 Å². The van der Waals surface area contributed by atoms with E-state index in [1.54, 1.807) is 0 Å². The molecule has 2 N–H and O–H groups in total. The fourth-order valence-electron chi connectivity index (χ4n) is 3.50. The van der Waals surface area contributed by atoms with Gasteiger partial charge in [-0.1, -0.05) is 12.1 Å². The van der Waals surface area contributed by atoms with Gasteiger partial charge >= 0.3 is 29.8 Å². The summed E-state index contributed by atoms with van der Waals surface area (Å²) in [7, 11) is 0. The lowest BCUT2D eigenvalue weighted by Gasteiger charge is -2.44. The first-order chi connectivity index (χ1) is 17.8. The van der Waals surface area contributed by atoms with Crippen molar-refractivity contribution in [3.05, 3.63) is 29.8 Å². The number of amides is 1. The van der Waals surface area contributed by atoms with Crippen LogP contribution in [0, 0.1) is 0 Å². The molecule has 0 radical (unpaired) electrons. The van der Waals surface area contributed by atoms with E-state index in [0.717, 1.165) is 27.7 Å². The van der Waals surface area contributed by atoms with Gasteiger partial charge in [-0.25, -0.2) is 0 Å². The van der Waals surface area contributed by atoms with Gasteiger partial charge in [0.2, 0.25) is 12.4 Å². The molecule has 1 amide bonds. The van der Waals surface area contributed by atoms with Gasteiger partial charge in [-0.2, -0.15) is 0 Å². The maximum atomic E-state index is 12.7. The highest BCUT2D eigenvalue weighted by Gasteiger charge is 2.53. The number of carbonyl (C=O) groups is 6. The van der Waals surface area contributed by atoms with Crippen LogP contribution < -0.4 is 10.1 Å². The zero-order valence-corrected chi connectivity index (χ0v) is 21.3. The molecule has 0 saturated carbocycles. The first kappa shape index (κ1) is 30.0. The Kier molecular flexibility index (Phi) is 10.6. The molecule has 6 atom stereocenters. The molecule has 1 aromatic rings. The molecule has 1 heterocycles. The van der Waals surface area contributed by atoms with Gasteiger partial charge in [0.25, 0.3) is 5.91 Å². The number of ether oxygens (including phenoxy) is 6. The SMILES string of the molecule is CC(=O)OC[C@@H]1O[C@H](Oc2ccccc2C(=O)N[C@H](C)C(=O)O)[C@@H](OC(C)=O)[C@H](OC(C)=O)[C@H]1OC(C)=O. The number of carboxylic acids is 1. The van der Waals surface area contributed by atoms with E-state index in [4.69, 9.17) is 33.5 Å². The van der Waals surface area contributed by atoms with Crippen molar-refractivity contribution >= 4 is 35.8 Å². The summed E-state index contributed by atoms with van der Waals surface area (Å²) in [5.41, 5.74) is -0.0894. The Bertz CT molecular complexity index is 1070. The van der Waals surface area contributed by atoms with Crippen LogP contribution in [0.5, 0.6) is 5.75 Å². The van der Waals surface area contributed by atoms with Gasteiger partial charge in [-0.05, 0) is 19.1 Å². The fraction of sp³-hybridized carbons (Fsp3) is 0.500. The van der Waals surface area contributed by atoms with Crippen LogP contribution in [-0.2, 0) is 47.7 Å². The molecule has 2 rings (SSSR count). The molecule has 0 aromatic heterocycles. The second-order valence-electron chi connectivity index (χ2n) is 8.22. The van der Waals surface area contributed by atoms with E-state index in [1.165, 1.54) is 31.2 Å². The minimum atomic E-state index is -1.57. The highest BCUT2D eigenvalue weighted by atomic mass is 16.7. The Morgan fingerprint density at radius 3 is 1.97 bits per heavy atom. The van der Waals surface area contributed by atoms with Gasteiger partial charge in [-0.3, -0.25) is 28.8 Å². The van der Waals surface area contributed by atoms with Gasteiger partial charge in [-0.15, -0.1) is 0 Å². The van der Waals surface area contributed by atoms with Crippen LogP contribution in [0.3, 0.4) is 0 Å². The predicted molar refractivity (Wildman–Crippen MR) is 124 cm³/mol. The first-order valence-corrected chi connectivity index (χ1v) is 11.4. The van der Waals surface area contributed by atoms with Gasteiger partial charge in [0.15, 0.2) is 12.2 Å². The monoisotopic (exact) mass is 539 g/mol. The van der Waals surface area contributed by atoms with Crippen LogP contribution in [0.4, 0.5) is 0 Å². The van der Waals surface area contributed by atoms with Gasteiger partial charge in [0.1, 0.15) is 24.5 Å². The predicted octanol–water partition coefficient (Wildman–Crippen LogP) is 0.351. The molecule has 1 fully saturated rings. The van der Waals surface area contributed by atoms with Crippen molar-refractivity contribution in [1.29, 1.82) is 0 Å². The second kappa shape index (κ2) is 13.4. The summed E-state index contributed by atoms with van der Waals surface area (Å²) in [5, 5.41) is 11.4. The fourth-order valence-corrected chi connectivity index (χ4v) is 3.50. The van der Waals surface area contributed by atoms with Crippen LogP contribution in [0.25, 0.3) is 0 Å². The summed E-state index contributed by atoms with van der Waals surface area (Å²) in [5.74, 6) is -5.29. The van der Waals surface area contributed by atoms with Gasteiger partial charge < -0.3 is 38.8 Å². The van der Waals surface area contributed by atoms with E-state index < -0.39 is 79.1 Å². The molecule has 0 unspecified atom stereocenters. The normalized spacial score (nSPS) is 23.2. The highest BCUT2D eigenvalue weighted by Crippen LogP contribution is 2.32. The van der Waals surface area contributed by atoms with E-state index in [0.29, 0.717) is 0 Å². The largest absolute Gasteiger partial charge is 0.480 e. The van der Waals surface area contributed by atoms with E-state index in [-0.39, 0.29) is 11.3 Å². The molecule has 0 bridgehead atoms. The number of carbonyl (C=O) groups excluding carboxylic acids is 5. The van der Waals surface area contributed by atoms with Crippen LogP contribution in [0.2, 0.25) is 0 Å². The number of carboxylic acid groups (broad SMARTS) is 1. The summed E-state index contributed by atoms with van der Waals surface area (Å²) in [4.78, 5) is 71.1. The molecule has 38 heavy (non-hydrogen) atoms. The number of rotatable bonds is 10. The highest BCUT2D eigenvalue weighted by molar-refractivity contribution is 5.98. The van der Waals surface area contributed by atoms with Crippen molar-refractivity contribution in [2.24, 2.45) is 0 Å². The Morgan fingerprint density at radius 1 is 0.868 bits per heavy atom. The lowest BCUT2D eigenvalue weighted by atomic mass is 9.98. The van der Waals surface area contributed by atoms with Gasteiger partial charge in [0.05, 0.1) is 5.56 Å². The number of hydrogen-bond donors (Lipinski definition) is 2. The lowest BCUT2D eigenvalue weighted by Crippen LogP contribution is -2.63. The maximum Gasteiger partial charge on any atom is 0.325 e. The maximum absolute atomic E-state index is 12.7. The second-order valence-corrected chi connectivity index (χ2v) is 8.22. The average molecular weight is 539 g/mol. The molecular formula is C24H29NO13. The van der Waals surface area contributed by atoms with E-state index in [2.05, 4.69) is 5.32 Å². The van der Waals surface area contributed by atoms with Crippen molar-refractivity contribution < 1.29 is 62.3 Å². The Morgan fingerprint density at radius 2 is 1.42 bits per heavy atom. The summed E-state index contributed by atoms with van der Waals surface area (Å²) >= 11 is 0. The topological polar surface area (TPSA) is 190 Å². The van der Waals surface area contributed by atoms with Crippen molar-refractivity contribution in [2.45, 2.75) is 71.4 Å². The number of nitrogens with one attached hydrogen (secondary N) is 1. The third kappa shape index (κ3) is 8.44. The van der Waals surface area contributed by atoms with Crippen LogP contribution in [0.15, 0.2) is 24.3 Å². The number of hydrogen-bond acceptors (Lipinski definition) is 12. The molecule has 1 saturated heterocycles. The molecule has 0 spiro atoms. The van der Waals surface area contributed by atoms with E-state index in [9.17, 15) is 28.8 Å². The van der Waals surface area contributed by atoms with Crippen molar-refractivity contribution in [3.63, 3.8) is 0 Å². The number of para-hydroxylation sites is 1. The van der Waals surface area contributed by atoms with Crippen molar-refractivity contribution in [3.8, 4) is 5.75 Å². The number of esters is 4. The molecule has 1 aliphatic rings. The van der Waals surface area contributed by atoms with Crippen LogP contribution in [-0.4, -0.2) is 84.2 Å².